The highest BCUT2D eigenvalue weighted by atomic mass is 14.8. The summed E-state index contributed by atoms with van der Waals surface area (Å²) in [6.45, 7) is 2.07. The van der Waals surface area contributed by atoms with Gasteiger partial charge in [0.15, 0.2) is 0 Å². The largest absolute Gasteiger partial charge is 0.346 e. The lowest BCUT2D eigenvalue weighted by Crippen LogP contribution is -1.81. The number of benzene rings is 1. The molecule has 0 spiro atoms. The van der Waals surface area contributed by atoms with Crippen molar-refractivity contribution in [3.05, 3.63) is 65.5 Å². The predicted molar refractivity (Wildman–Crippen MR) is 73.3 cm³/mol. The van der Waals surface area contributed by atoms with Crippen LogP contribution in [0.4, 0.5) is 0 Å². The average Bonchev–Trinajstić information content (AvgIpc) is 2.85. The van der Waals surface area contributed by atoms with E-state index in [4.69, 9.17) is 0 Å². The standard InChI is InChI=1S/C16H12N2/c1-12-3-2-4-13(11-12)5-6-14-7-9-17-16-15(14)8-10-18-16/h2-4,7-11H,1H3,(H,17,18). The fourth-order valence-electron chi connectivity index (χ4n) is 1.93. The van der Waals surface area contributed by atoms with E-state index in [-0.39, 0.29) is 0 Å². The Hall–Kier alpha value is -2.53. The highest BCUT2D eigenvalue weighted by Crippen LogP contribution is 2.14. The van der Waals surface area contributed by atoms with E-state index < -0.39 is 0 Å². The van der Waals surface area contributed by atoms with E-state index in [1.807, 2.05) is 30.5 Å². The number of nitrogens with one attached hydrogen (secondary N) is 1. The third-order valence-electron chi connectivity index (χ3n) is 2.82. The van der Waals surface area contributed by atoms with Crippen molar-refractivity contribution in [3.63, 3.8) is 0 Å². The Kier molecular flexibility index (Phi) is 2.59. The first-order chi connectivity index (χ1) is 8.83. The molecule has 0 aliphatic heterocycles. The summed E-state index contributed by atoms with van der Waals surface area (Å²) < 4.78 is 0. The predicted octanol–water partition coefficient (Wildman–Crippen LogP) is 3.27. The van der Waals surface area contributed by atoms with Gasteiger partial charge in [0.2, 0.25) is 0 Å². The fourth-order valence-corrected chi connectivity index (χ4v) is 1.93. The number of aromatic nitrogens is 2. The summed E-state index contributed by atoms with van der Waals surface area (Å²) in [5.41, 5.74) is 4.15. The first kappa shape index (κ1) is 10.6. The first-order valence-corrected chi connectivity index (χ1v) is 5.84. The molecule has 2 heterocycles. The van der Waals surface area contributed by atoms with Crippen LogP contribution in [0.1, 0.15) is 16.7 Å². The maximum Gasteiger partial charge on any atom is 0.138 e. The van der Waals surface area contributed by atoms with E-state index in [9.17, 15) is 0 Å². The Balaban J connectivity index is 2.05. The highest BCUT2D eigenvalue weighted by molar-refractivity contribution is 5.82. The minimum Gasteiger partial charge on any atom is -0.346 e. The lowest BCUT2D eigenvalue weighted by atomic mass is 10.1. The normalized spacial score (nSPS) is 10.1. The third kappa shape index (κ3) is 1.99. The molecule has 0 saturated carbocycles. The molecule has 0 amide bonds. The van der Waals surface area contributed by atoms with E-state index in [0.29, 0.717) is 0 Å². The fraction of sp³-hybridized carbons (Fsp3) is 0.0625. The van der Waals surface area contributed by atoms with Crippen molar-refractivity contribution in [1.29, 1.82) is 0 Å². The minimum absolute atomic E-state index is 0.881. The molecule has 2 aromatic heterocycles. The molecule has 0 saturated heterocycles. The van der Waals surface area contributed by atoms with Gasteiger partial charge in [0.25, 0.3) is 0 Å². The van der Waals surface area contributed by atoms with Crippen molar-refractivity contribution < 1.29 is 0 Å². The van der Waals surface area contributed by atoms with Gasteiger partial charge in [-0.25, -0.2) is 4.98 Å². The molecule has 0 aliphatic carbocycles. The topological polar surface area (TPSA) is 28.7 Å². The van der Waals surface area contributed by atoms with Crippen LogP contribution in [0.3, 0.4) is 0 Å². The van der Waals surface area contributed by atoms with Gasteiger partial charge in [-0.2, -0.15) is 0 Å². The average molecular weight is 232 g/mol. The van der Waals surface area contributed by atoms with Crippen LogP contribution in [-0.2, 0) is 0 Å². The molecule has 3 rings (SSSR count). The molecule has 0 fully saturated rings. The van der Waals surface area contributed by atoms with Gasteiger partial charge in [-0.3, -0.25) is 0 Å². The molecule has 1 N–H and O–H groups in total. The van der Waals surface area contributed by atoms with Gasteiger partial charge >= 0.3 is 0 Å². The molecule has 0 atom stereocenters. The van der Waals surface area contributed by atoms with Crippen LogP contribution in [0.5, 0.6) is 0 Å². The highest BCUT2D eigenvalue weighted by Gasteiger charge is 1.99. The quantitative estimate of drug-likeness (QED) is 0.592. The molecular weight excluding hydrogens is 220 g/mol. The Bertz CT molecular complexity index is 757. The van der Waals surface area contributed by atoms with Gasteiger partial charge in [-0.1, -0.05) is 24.0 Å². The Morgan fingerprint density at radius 3 is 2.94 bits per heavy atom. The number of fused-ring (bicyclic) bond motifs is 1. The maximum absolute atomic E-state index is 4.25. The number of hydrogen-bond acceptors (Lipinski definition) is 1. The van der Waals surface area contributed by atoms with Crippen molar-refractivity contribution in [3.8, 4) is 11.8 Å². The smallest absolute Gasteiger partial charge is 0.138 e. The van der Waals surface area contributed by atoms with Gasteiger partial charge in [0.05, 0.1) is 0 Å². The number of rotatable bonds is 0. The molecule has 86 valence electrons. The molecule has 3 aromatic rings. The van der Waals surface area contributed by atoms with E-state index in [2.05, 4.69) is 40.9 Å². The van der Waals surface area contributed by atoms with E-state index in [1.54, 1.807) is 6.20 Å². The summed E-state index contributed by atoms with van der Waals surface area (Å²) in [6.07, 6.45) is 3.66. The number of H-pyrrole nitrogens is 1. The monoisotopic (exact) mass is 232 g/mol. The van der Waals surface area contributed by atoms with Crippen LogP contribution in [0.25, 0.3) is 11.0 Å². The molecular formula is C16H12N2. The number of pyridine rings is 1. The van der Waals surface area contributed by atoms with Crippen molar-refractivity contribution in [1.82, 2.24) is 9.97 Å². The van der Waals surface area contributed by atoms with Crippen LogP contribution in [0.15, 0.2) is 48.8 Å². The zero-order chi connectivity index (χ0) is 12.4. The molecule has 0 bridgehead atoms. The maximum atomic E-state index is 4.25. The van der Waals surface area contributed by atoms with Gasteiger partial charge in [-0.15, -0.1) is 0 Å². The van der Waals surface area contributed by atoms with Crippen LogP contribution in [0, 0.1) is 18.8 Å². The molecule has 2 nitrogen and oxygen atoms in total. The summed E-state index contributed by atoms with van der Waals surface area (Å²) in [5, 5.41) is 1.07. The Morgan fingerprint density at radius 1 is 1.11 bits per heavy atom. The number of aryl methyl sites for hydroxylation is 1. The summed E-state index contributed by atoms with van der Waals surface area (Å²) in [7, 11) is 0. The number of nitrogens with zero attached hydrogens (tertiary/aromatic N) is 1. The SMILES string of the molecule is Cc1cccc(C#Cc2ccnc3[nH]ccc23)c1. The van der Waals surface area contributed by atoms with E-state index in [1.165, 1.54) is 5.56 Å². The lowest BCUT2D eigenvalue weighted by molar-refractivity contribution is 1.32. The lowest BCUT2D eigenvalue weighted by Gasteiger charge is -1.94. The van der Waals surface area contributed by atoms with Crippen LogP contribution >= 0.6 is 0 Å². The van der Waals surface area contributed by atoms with Crippen molar-refractivity contribution in [2.75, 3.05) is 0 Å². The van der Waals surface area contributed by atoms with Crippen molar-refractivity contribution in [2.45, 2.75) is 6.92 Å². The zero-order valence-corrected chi connectivity index (χ0v) is 10.1. The summed E-state index contributed by atoms with van der Waals surface area (Å²) in [6, 6.07) is 12.2. The molecule has 1 aromatic carbocycles. The second-order valence-electron chi connectivity index (χ2n) is 4.22. The van der Waals surface area contributed by atoms with Gasteiger partial charge < -0.3 is 4.98 Å². The summed E-state index contributed by atoms with van der Waals surface area (Å²) in [5.74, 6) is 6.40. The minimum atomic E-state index is 0.881. The van der Waals surface area contributed by atoms with E-state index in [0.717, 1.165) is 22.2 Å². The Labute approximate surface area is 106 Å². The zero-order valence-electron chi connectivity index (χ0n) is 10.1. The molecule has 0 unspecified atom stereocenters. The second kappa shape index (κ2) is 4.38. The Morgan fingerprint density at radius 2 is 2.06 bits per heavy atom. The molecule has 2 heteroatoms. The van der Waals surface area contributed by atoms with Gasteiger partial charge in [0, 0.05) is 28.9 Å². The first-order valence-electron chi connectivity index (χ1n) is 5.84. The number of hydrogen-bond donors (Lipinski definition) is 1. The van der Waals surface area contributed by atoms with Crippen molar-refractivity contribution >= 4 is 11.0 Å². The van der Waals surface area contributed by atoms with Crippen LogP contribution in [0.2, 0.25) is 0 Å². The van der Waals surface area contributed by atoms with Crippen LogP contribution < -0.4 is 0 Å². The van der Waals surface area contributed by atoms with Gasteiger partial charge in [-0.05, 0) is 36.8 Å². The molecule has 0 radical (unpaired) electrons. The molecule has 0 aliphatic rings. The van der Waals surface area contributed by atoms with Crippen LogP contribution in [-0.4, -0.2) is 9.97 Å². The van der Waals surface area contributed by atoms with Crippen molar-refractivity contribution in [2.24, 2.45) is 0 Å². The third-order valence-corrected chi connectivity index (χ3v) is 2.82. The number of aromatic amines is 1. The van der Waals surface area contributed by atoms with E-state index >= 15 is 0 Å². The molecule has 18 heavy (non-hydrogen) atoms. The second-order valence-corrected chi connectivity index (χ2v) is 4.22. The summed E-state index contributed by atoms with van der Waals surface area (Å²) in [4.78, 5) is 7.34. The van der Waals surface area contributed by atoms with Gasteiger partial charge in [0.1, 0.15) is 5.65 Å². The summed E-state index contributed by atoms with van der Waals surface area (Å²) >= 11 is 0.